The van der Waals surface area contributed by atoms with Gasteiger partial charge in [0, 0.05) is 0 Å². The van der Waals surface area contributed by atoms with E-state index in [-0.39, 0.29) is 17.1 Å². The summed E-state index contributed by atoms with van der Waals surface area (Å²) in [5.41, 5.74) is 0.962. The normalized spacial score (nSPS) is 28.9. The number of rotatable bonds is 2. The van der Waals surface area contributed by atoms with E-state index >= 15 is 0 Å². The van der Waals surface area contributed by atoms with Gasteiger partial charge >= 0.3 is 0 Å². The summed E-state index contributed by atoms with van der Waals surface area (Å²) in [6.45, 7) is 3.81. The highest BCUT2D eigenvalue weighted by Gasteiger charge is 2.46. The van der Waals surface area contributed by atoms with Crippen LogP contribution in [0.5, 0.6) is 0 Å². The molecule has 0 unspecified atom stereocenters. The first kappa shape index (κ1) is 12.2. The lowest BCUT2D eigenvalue weighted by molar-refractivity contribution is -0.132. The summed E-state index contributed by atoms with van der Waals surface area (Å²) < 4.78 is -0.630. The van der Waals surface area contributed by atoms with E-state index in [1.807, 2.05) is 44.2 Å². The summed E-state index contributed by atoms with van der Waals surface area (Å²) in [7, 11) is 0. The number of nitrogens with one attached hydrogen (secondary N) is 1. The molecule has 4 heteroatoms. The Hall–Kier alpha value is -1.29. The van der Waals surface area contributed by atoms with Crippen LogP contribution in [0, 0.1) is 0 Å². The molecule has 17 heavy (non-hydrogen) atoms. The van der Waals surface area contributed by atoms with Crippen LogP contribution in [-0.4, -0.2) is 17.1 Å². The van der Waals surface area contributed by atoms with Gasteiger partial charge in [-0.1, -0.05) is 37.3 Å². The van der Waals surface area contributed by atoms with Crippen LogP contribution in [-0.2, 0) is 14.3 Å². The standard InChI is InChI=1S/C13H15NO2S/c1-3-13(10-7-5-4-6-8-10)12(16)14-11(15)9(2)17-13/h4-9H,3H2,1-2H3,(H,14,15,16)/t9-,13+/m1/s1. The Morgan fingerprint density at radius 2 is 1.94 bits per heavy atom. The summed E-state index contributed by atoms with van der Waals surface area (Å²) in [6, 6.07) is 9.65. The van der Waals surface area contributed by atoms with E-state index in [1.54, 1.807) is 0 Å². The van der Waals surface area contributed by atoms with Crippen molar-refractivity contribution in [2.75, 3.05) is 0 Å². The first-order chi connectivity index (χ1) is 8.10. The Bertz CT molecular complexity index is 446. The predicted octanol–water partition coefficient (Wildman–Crippen LogP) is 2.07. The van der Waals surface area contributed by atoms with Crippen LogP contribution in [0.15, 0.2) is 30.3 Å². The van der Waals surface area contributed by atoms with Gasteiger partial charge in [0.05, 0.1) is 5.25 Å². The Morgan fingerprint density at radius 1 is 1.29 bits per heavy atom. The molecule has 2 rings (SSSR count). The molecule has 0 spiro atoms. The Kier molecular flexibility index (Phi) is 3.24. The highest BCUT2D eigenvalue weighted by Crippen LogP contribution is 2.44. The van der Waals surface area contributed by atoms with Crippen molar-refractivity contribution < 1.29 is 9.59 Å². The maximum atomic E-state index is 12.2. The first-order valence-electron chi connectivity index (χ1n) is 5.69. The molecule has 1 fully saturated rings. The number of thioether (sulfide) groups is 1. The maximum absolute atomic E-state index is 12.2. The van der Waals surface area contributed by atoms with Crippen LogP contribution in [0.3, 0.4) is 0 Å². The number of benzene rings is 1. The second kappa shape index (κ2) is 4.53. The lowest BCUT2D eigenvalue weighted by Gasteiger charge is -2.37. The second-order valence-corrected chi connectivity index (χ2v) is 5.76. The fourth-order valence-corrected chi connectivity index (χ4v) is 3.44. The number of hydrogen-bond donors (Lipinski definition) is 1. The molecule has 0 saturated carbocycles. The third-order valence-electron chi connectivity index (χ3n) is 3.09. The molecule has 0 aliphatic carbocycles. The zero-order valence-corrected chi connectivity index (χ0v) is 10.7. The van der Waals surface area contributed by atoms with Crippen molar-refractivity contribution in [1.82, 2.24) is 5.32 Å². The van der Waals surface area contributed by atoms with Gasteiger partial charge in [-0.25, -0.2) is 0 Å². The van der Waals surface area contributed by atoms with Gasteiger partial charge in [-0.2, -0.15) is 0 Å². The highest BCUT2D eigenvalue weighted by molar-refractivity contribution is 8.02. The number of amides is 2. The van der Waals surface area contributed by atoms with Gasteiger partial charge in [0.25, 0.3) is 0 Å². The molecule has 0 aromatic heterocycles. The van der Waals surface area contributed by atoms with Gasteiger partial charge in [-0.05, 0) is 18.9 Å². The molecule has 1 aromatic carbocycles. The Morgan fingerprint density at radius 3 is 2.53 bits per heavy atom. The molecule has 1 aromatic rings. The van der Waals surface area contributed by atoms with E-state index in [9.17, 15) is 9.59 Å². The van der Waals surface area contributed by atoms with Crippen LogP contribution in [0.1, 0.15) is 25.8 Å². The van der Waals surface area contributed by atoms with E-state index in [4.69, 9.17) is 0 Å². The van der Waals surface area contributed by atoms with Crippen LogP contribution < -0.4 is 5.32 Å². The predicted molar refractivity (Wildman–Crippen MR) is 68.6 cm³/mol. The molecule has 1 saturated heterocycles. The van der Waals surface area contributed by atoms with E-state index in [2.05, 4.69) is 5.32 Å². The number of imide groups is 1. The maximum Gasteiger partial charge on any atom is 0.247 e. The molecule has 2 amide bonds. The molecule has 1 heterocycles. The molecule has 0 bridgehead atoms. The van der Waals surface area contributed by atoms with Crippen molar-refractivity contribution in [3.8, 4) is 0 Å². The van der Waals surface area contributed by atoms with Crippen molar-refractivity contribution in [2.45, 2.75) is 30.3 Å². The largest absolute Gasteiger partial charge is 0.294 e. The lowest BCUT2D eigenvalue weighted by Crippen LogP contribution is -2.53. The Balaban J connectivity index is 2.44. The molecule has 1 aliphatic rings. The van der Waals surface area contributed by atoms with Crippen LogP contribution >= 0.6 is 11.8 Å². The third-order valence-corrected chi connectivity index (χ3v) is 4.77. The van der Waals surface area contributed by atoms with Crippen molar-refractivity contribution in [3.63, 3.8) is 0 Å². The van der Waals surface area contributed by atoms with Crippen molar-refractivity contribution in [1.29, 1.82) is 0 Å². The first-order valence-corrected chi connectivity index (χ1v) is 6.57. The zero-order chi connectivity index (χ0) is 12.5. The molecule has 1 aliphatic heterocycles. The third kappa shape index (κ3) is 1.97. The summed E-state index contributed by atoms with van der Waals surface area (Å²) in [4.78, 5) is 23.6. The monoisotopic (exact) mass is 249 g/mol. The van der Waals surface area contributed by atoms with E-state index < -0.39 is 4.75 Å². The van der Waals surface area contributed by atoms with Gasteiger partial charge in [0.1, 0.15) is 4.75 Å². The van der Waals surface area contributed by atoms with Gasteiger partial charge in [0.2, 0.25) is 11.8 Å². The SMILES string of the molecule is CC[C@@]1(c2ccccc2)S[C@H](C)C(=O)NC1=O. The van der Waals surface area contributed by atoms with E-state index in [0.29, 0.717) is 6.42 Å². The number of carbonyl (C=O) groups is 2. The van der Waals surface area contributed by atoms with E-state index in [1.165, 1.54) is 11.8 Å². The quantitative estimate of drug-likeness (QED) is 0.816. The minimum absolute atomic E-state index is 0.194. The smallest absolute Gasteiger partial charge is 0.247 e. The topological polar surface area (TPSA) is 46.2 Å². The van der Waals surface area contributed by atoms with Gasteiger partial charge in [0.15, 0.2) is 0 Å². The molecular formula is C13H15NO2S. The molecule has 3 nitrogen and oxygen atoms in total. The van der Waals surface area contributed by atoms with E-state index in [0.717, 1.165) is 5.56 Å². The highest BCUT2D eigenvalue weighted by atomic mass is 32.2. The lowest BCUT2D eigenvalue weighted by atomic mass is 9.94. The second-order valence-electron chi connectivity index (χ2n) is 4.13. The molecule has 1 N–H and O–H groups in total. The van der Waals surface area contributed by atoms with Crippen molar-refractivity contribution in [2.24, 2.45) is 0 Å². The van der Waals surface area contributed by atoms with Gasteiger partial charge in [-0.15, -0.1) is 11.8 Å². The minimum Gasteiger partial charge on any atom is -0.294 e. The fourth-order valence-electron chi connectivity index (χ4n) is 2.08. The number of hydrogen-bond acceptors (Lipinski definition) is 3. The molecule has 90 valence electrons. The van der Waals surface area contributed by atoms with Gasteiger partial charge < -0.3 is 0 Å². The van der Waals surface area contributed by atoms with Crippen LogP contribution in [0.2, 0.25) is 0 Å². The fraction of sp³-hybridized carbons (Fsp3) is 0.385. The van der Waals surface area contributed by atoms with Gasteiger partial charge in [-0.3, -0.25) is 14.9 Å². The number of carbonyl (C=O) groups excluding carboxylic acids is 2. The average Bonchev–Trinajstić information content (AvgIpc) is 2.35. The summed E-state index contributed by atoms with van der Waals surface area (Å²) in [5, 5.41) is 2.27. The molecular weight excluding hydrogens is 234 g/mol. The van der Waals surface area contributed by atoms with Crippen molar-refractivity contribution in [3.05, 3.63) is 35.9 Å². The van der Waals surface area contributed by atoms with Crippen LogP contribution in [0.25, 0.3) is 0 Å². The zero-order valence-electron chi connectivity index (χ0n) is 9.90. The van der Waals surface area contributed by atoms with Crippen molar-refractivity contribution >= 4 is 23.6 Å². The Labute approximate surface area is 105 Å². The summed E-state index contributed by atoms with van der Waals surface area (Å²) >= 11 is 1.44. The minimum atomic E-state index is -0.630. The molecule has 0 radical (unpaired) electrons. The average molecular weight is 249 g/mol. The summed E-state index contributed by atoms with van der Waals surface area (Å²) in [5.74, 6) is -0.390. The molecule has 2 atom stereocenters. The summed E-state index contributed by atoms with van der Waals surface area (Å²) in [6.07, 6.45) is 0.672. The van der Waals surface area contributed by atoms with Crippen LogP contribution in [0.4, 0.5) is 0 Å².